The maximum Gasteiger partial charge on any atom is 0.196 e. The molecule has 0 atom stereocenters. The largest absolute Gasteiger partial charge is 0.493 e. The number of hydrogen-bond acceptors (Lipinski definition) is 6. The monoisotopic (exact) mass is 518 g/mol. The highest BCUT2D eigenvalue weighted by Crippen LogP contribution is 2.29. The Kier molecular flexibility index (Phi) is 11.4. The van der Waals surface area contributed by atoms with Gasteiger partial charge in [0.25, 0.3) is 0 Å². The fourth-order valence-corrected chi connectivity index (χ4v) is 2.45. The molecular formula is C19H31IN6O3. The molecule has 0 aliphatic heterocycles. The van der Waals surface area contributed by atoms with E-state index >= 15 is 0 Å². The molecule has 0 radical (unpaired) electrons. The lowest BCUT2D eigenvalue weighted by Crippen LogP contribution is -2.32. The highest BCUT2D eigenvalue weighted by Gasteiger charge is 2.08. The van der Waals surface area contributed by atoms with E-state index < -0.39 is 0 Å². The lowest BCUT2D eigenvalue weighted by Gasteiger charge is -2.14. The molecule has 0 bridgehead atoms. The molecule has 9 nitrogen and oxygen atoms in total. The molecule has 2 aromatic rings. The van der Waals surface area contributed by atoms with Gasteiger partial charge >= 0.3 is 0 Å². The van der Waals surface area contributed by atoms with Crippen LogP contribution >= 0.6 is 24.0 Å². The van der Waals surface area contributed by atoms with E-state index in [2.05, 4.69) is 25.8 Å². The second-order valence-electron chi connectivity index (χ2n) is 6.06. The van der Waals surface area contributed by atoms with E-state index in [0.717, 1.165) is 36.9 Å². The number of nitrogens with zero attached hydrogens (tertiary/aromatic N) is 4. The Hall–Kier alpha value is -2.08. The highest BCUT2D eigenvalue weighted by molar-refractivity contribution is 14.0. The molecule has 29 heavy (non-hydrogen) atoms. The van der Waals surface area contributed by atoms with E-state index in [4.69, 9.17) is 14.2 Å². The Bertz CT molecular complexity index is 781. The number of benzene rings is 1. The number of aromatic nitrogens is 3. The Morgan fingerprint density at radius 3 is 2.55 bits per heavy atom. The Morgan fingerprint density at radius 2 is 1.93 bits per heavy atom. The smallest absolute Gasteiger partial charge is 0.196 e. The van der Waals surface area contributed by atoms with Crippen LogP contribution in [0.4, 0.5) is 5.69 Å². The lowest BCUT2D eigenvalue weighted by atomic mass is 10.2. The maximum absolute atomic E-state index is 5.38. The van der Waals surface area contributed by atoms with Crippen molar-refractivity contribution in [2.24, 2.45) is 12.0 Å². The van der Waals surface area contributed by atoms with Crippen LogP contribution in [0, 0.1) is 6.92 Å². The van der Waals surface area contributed by atoms with Crippen LogP contribution in [0.5, 0.6) is 11.5 Å². The van der Waals surface area contributed by atoms with Crippen molar-refractivity contribution in [2.75, 3.05) is 39.3 Å². The van der Waals surface area contributed by atoms with Crippen molar-refractivity contribution in [3.63, 3.8) is 0 Å². The molecule has 10 heteroatoms. The van der Waals surface area contributed by atoms with Gasteiger partial charge in [-0.2, -0.15) is 0 Å². The third kappa shape index (κ3) is 7.69. The van der Waals surface area contributed by atoms with Gasteiger partial charge in [0.2, 0.25) is 0 Å². The second kappa shape index (κ2) is 13.2. The zero-order valence-corrected chi connectivity index (χ0v) is 20.0. The van der Waals surface area contributed by atoms with Gasteiger partial charge in [-0.15, -0.1) is 34.2 Å². The predicted molar refractivity (Wildman–Crippen MR) is 125 cm³/mol. The van der Waals surface area contributed by atoms with Crippen LogP contribution in [0.2, 0.25) is 0 Å². The van der Waals surface area contributed by atoms with E-state index in [1.54, 1.807) is 14.2 Å². The third-order valence-electron chi connectivity index (χ3n) is 4.17. The Labute approximate surface area is 189 Å². The van der Waals surface area contributed by atoms with Gasteiger partial charge in [-0.1, -0.05) is 0 Å². The van der Waals surface area contributed by atoms with Gasteiger partial charge in [0.1, 0.15) is 12.4 Å². The fourth-order valence-electron chi connectivity index (χ4n) is 2.45. The predicted octanol–water partition coefficient (Wildman–Crippen LogP) is 2.74. The molecule has 0 saturated heterocycles. The molecule has 0 aliphatic rings. The standard InChI is InChI=1S/C19H30N6O3.HI/c1-6-28-11-7-10-20-19(21-13-18-24-23-14(2)25(18)3)22-15-8-9-16(26-4)17(12-15)27-5;/h8-9,12H,6-7,10-11,13H2,1-5H3,(H2,20,21,22);1H. The van der Waals surface area contributed by atoms with Crippen molar-refractivity contribution in [3.8, 4) is 11.5 Å². The van der Waals surface area contributed by atoms with Gasteiger partial charge in [-0.3, -0.25) is 0 Å². The van der Waals surface area contributed by atoms with Gasteiger partial charge in [0, 0.05) is 38.6 Å². The summed E-state index contributed by atoms with van der Waals surface area (Å²) < 4.78 is 18.0. The molecule has 0 fully saturated rings. The zero-order chi connectivity index (χ0) is 20.4. The van der Waals surface area contributed by atoms with Crippen LogP contribution < -0.4 is 20.1 Å². The normalized spacial score (nSPS) is 11.0. The molecule has 2 N–H and O–H groups in total. The van der Waals surface area contributed by atoms with Crippen LogP contribution in [0.25, 0.3) is 0 Å². The second-order valence-corrected chi connectivity index (χ2v) is 6.06. The number of rotatable bonds is 10. The SMILES string of the molecule is CCOCCCNC(=NCc1nnc(C)n1C)Nc1ccc(OC)c(OC)c1.I. The number of aryl methyl sites for hydroxylation is 1. The number of hydrogen-bond donors (Lipinski definition) is 2. The van der Waals surface area contributed by atoms with Gasteiger partial charge in [-0.05, 0) is 32.4 Å². The average Bonchev–Trinajstić information content (AvgIpc) is 3.03. The molecular weight excluding hydrogens is 487 g/mol. The number of ether oxygens (including phenoxy) is 3. The summed E-state index contributed by atoms with van der Waals surface area (Å²) >= 11 is 0. The molecule has 162 valence electrons. The van der Waals surface area contributed by atoms with Crippen molar-refractivity contribution in [1.82, 2.24) is 20.1 Å². The highest BCUT2D eigenvalue weighted by atomic mass is 127. The molecule has 2 rings (SSSR count). The first-order valence-corrected chi connectivity index (χ1v) is 9.29. The van der Waals surface area contributed by atoms with E-state index in [1.807, 2.05) is 43.7 Å². The van der Waals surface area contributed by atoms with Crippen LogP contribution in [0.1, 0.15) is 25.0 Å². The summed E-state index contributed by atoms with van der Waals surface area (Å²) in [5.41, 5.74) is 0.836. The summed E-state index contributed by atoms with van der Waals surface area (Å²) in [6.45, 7) is 6.46. The first-order chi connectivity index (χ1) is 13.6. The van der Waals surface area contributed by atoms with Gasteiger partial charge in [0.05, 0.1) is 14.2 Å². The van der Waals surface area contributed by atoms with Crippen LogP contribution in [0.3, 0.4) is 0 Å². The zero-order valence-electron chi connectivity index (χ0n) is 17.7. The first kappa shape index (κ1) is 25.0. The van der Waals surface area contributed by atoms with Gasteiger partial charge in [0.15, 0.2) is 23.3 Å². The Morgan fingerprint density at radius 1 is 1.17 bits per heavy atom. The van der Waals surface area contributed by atoms with E-state index in [0.29, 0.717) is 30.6 Å². The summed E-state index contributed by atoms with van der Waals surface area (Å²) in [4.78, 5) is 4.64. The first-order valence-electron chi connectivity index (χ1n) is 9.29. The summed E-state index contributed by atoms with van der Waals surface area (Å²) in [7, 11) is 5.15. The summed E-state index contributed by atoms with van der Waals surface area (Å²) in [5, 5.41) is 14.8. The molecule has 0 unspecified atom stereocenters. The maximum atomic E-state index is 5.38. The van der Waals surface area contributed by atoms with Crippen molar-refractivity contribution < 1.29 is 14.2 Å². The van der Waals surface area contributed by atoms with Crippen molar-refractivity contribution in [2.45, 2.75) is 26.8 Å². The van der Waals surface area contributed by atoms with Crippen molar-refractivity contribution >= 4 is 35.6 Å². The minimum atomic E-state index is 0. The number of methoxy groups -OCH3 is 2. The van der Waals surface area contributed by atoms with Crippen LogP contribution in [-0.2, 0) is 18.3 Å². The van der Waals surface area contributed by atoms with E-state index in [1.165, 1.54) is 0 Å². The number of guanidine groups is 1. The molecule has 1 heterocycles. The van der Waals surface area contributed by atoms with E-state index in [-0.39, 0.29) is 24.0 Å². The average molecular weight is 518 g/mol. The quantitative estimate of drug-likeness (QED) is 0.216. The molecule has 0 aliphatic carbocycles. The lowest BCUT2D eigenvalue weighted by molar-refractivity contribution is 0.146. The number of nitrogens with one attached hydrogen (secondary N) is 2. The summed E-state index contributed by atoms with van der Waals surface area (Å²) in [6, 6.07) is 5.62. The van der Waals surface area contributed by atoms with Crippen molar-refractivity contribution in [3.05, 3.63) is 29.8 Å². The van der Waals surface area contributed by atoms with Crippen LogP contribution in [0.15, 0.2) is 23.2 Å². The summed E-state index contributed by atoms with van der Waals surface area (Å²) in [5.74, 6) is 3.60. The molecule has 0 spiro atoms. The van der Waals surface area contributed by atoms with Crippen molar-refractivity contribution in [1.29, 1.82) is 0 Å². The molecule has 0 saturated carbocycles. The van der Waals surface area contributed by atoms with Crippen LogP contribution in [-0.4, -0.2) is 54.7 Å². The van der Waals surface area contributed by atoms with Gasteiger partial charge < -0.3 is 29.4 Å². The number of aliphatic imine (C=N–C) groups is 1. The topological polar surface area (TPSA) is 94.8 Å². The minimum Gasteiger partial charge on any atom is -0.493 e. The fraction of sp³-hybridized carbons (Fsp3) is 0.526. The number of halogens is 1. The molecule has 0 amide bonds. The third-order valence-corrected chi connectivity index (χ3v) is 4.17. The number of anilines is 1. The Balaban J connectivity index is 0.00000420. The minimum absolute atomic E-state index is 0. The summed E-state index contributed by atoms with van der Waals surface area (Å²) in [6.07, 6.45) is 0.879. The molecule has 1 aromatic carbocycles. The van der Waals surface area contributed by atoms with E-state index in [9.17, 15) is 0 Å². The molecule has 1 aromatic heterocycles. The van der Waals surface area contributed by atoms with Gasteiger partial charge in [-0.25, -0.2) is 4.99 Å².